The number of hydrogen-bond donors (Lipinski definition) is 2. The minimum atomic E-state index is -0.338. The predicted molar refractivity (Wildman–Crippen MR) is 114 cm³/mol. The van der Waals surface area contributed by atoms with Crippen molar-refractivity contribution in [1.29, 1.82) is 0 Å². The van der Waals surface area contributed by atoms with Gasteiger partial charge in [0.25, 0.3) is 0 Å². The van der Waals surface area contributed by atoms with Gasteiger partial charge in [0.15, 0.2) is 5.13 Å². The van der Waals surface area contributed by atoms with Crippen LogP contribution < -0.4 is 10.0 Å². The van der Waals surface area contributed by atoms with Gasteiger partial charge in [0.05, 0.1) is 15.6 Å². The molecular weight excluding hydrogens is 401 g/mol. The molecule has 1 aromatic heterocycles. The average molecular weight is 416 g/mol. The Morgan fingerprint density at radius 1 is 1.07 bits per heavy atom. The molecule has 3 nitrogen and oxygen atoms in total. The maximum atomic E-state index is 14.4. The average Bonchev–Trinajstić information content (AvgIpc) is 3.20. The number of halogens is 2. The topological polar surface area (TPSA) is 37.0 Å². The number of anilines is 2. The van der Waals surface area contributed by atoms with Gasteiger partial charge < -0.3 is 10.0 Å². The van der Waals surface area contributed by atoms with Crippen LogP contribution in [0.25, 0.3) is 10.8 Å². The Morgan fingerprint density at radius 3 is 2.74 bits per heavy atom. The number of thiazole rings is 1. The molecule has 0 amide bonds. The molecule has 136 valence electrons. The van der Waals surface area contributed by atoms with Crippen molar-refractivity contribution in [3.05, 3.63) is 82.6 Å². The minimum Gasteiger partial charge on any atom is -0.380 e. The summed E-state index contributed by atoms with van der Waals surface area (Å²) in [6.45, 7) is 0.563. The summed E-state index contributed by atoms with van der Waals surface area (Å²) in [4.78, 5) is 4.53. The second-order valence-electron chi connectivity index (χ2n) is 5.84. The van der Waals surface area contributed by atoms with E-state index in [0.717, 1.165) is 17.5 Å². The Morgan fingerprint density at radius 2 is 1.93 bits per heavy atom. The number of nitrogens with zero attached hydrogens (tertiary/aromatic N) is 1. The number of hydrogen-bond acceptors (Lipinski definition) is 5. The van der Waals surface area contributed by atoms with E-state index in [4.69, 9.17) is 11.6 Å². The molecule has 0 aliphatic carbocycles. The van der Waals surface area contributed by atoms with Crippen LogP contribution in [0, 0.1) is 5.82 Å². The third kappa shape index (κ3) is 4.35. The molecule has 2 N–H and O–H groups in total. The summed E-state index contributed by atoms with van der Waals surface area (Å²) in [5, 5.41) is 8.63. The van der Waals surface area contributed by atoms with Gasteiger partial charge in [-0.2, -0.15) is 0 Å². The van der Waals surface area contributed by atoms with Crippen molar-refractivity contribution in [1.82, 2.24) is 4.98 Å². The van der Waals surface area contributed by atoms with E-state index < -0.39 is 0 Å². The third-order valence-electron chi connectivity index (χ3n) is 4.00. The molecule has 0 atom stereocenters. The van der Waals surface area contributed by atoms with Crippen LogP contribution in [0.4, 0.5) is 15.2 Å². The van der Waals surface area contributed by atoms with Gasteiger partial charge in [0, 0.05) is 18.1 Å². The van der Waals surface area contributed by atoms with Crippen molar-refractivity contribution in [2.75, 3.05) is 10.0 Å². The summed E-state index contributed by atoms with van der Waals surface area (Å²) in [5.41, 5.74) is 1.68. The smallest absolute Gasteiger partial charge is 0.192 e. The van der Waals surface area contributed by atoms with Crippen molar-refractivity contribution in [2.24, 2.45) is 0 Å². The lowest BCUT2D eigenvalue weighted by Crippen LogP contribution is -2.01. The summed E-state index contributed by atoms with van der Waals surface area (Å²) in [6.07, 6.45) is 1.69. The van der Waals surface area contributed by atoms with Crippen molar-refractivity contribution in [3.8, 4) is 0 Å². The summed E-state index contributed by atoms with van der Waals surface area (Å²) in [7, 11) is 0. The van der Waals surface area contributed by atoms with E-state index in [0.29, 0.717) is 27.3 Å². The number of rotatable bonds is 6. The summed E-state index contributed by atoms with van der Waals surface area (Å²) < 4.78 is 17.4. The predicted octanol–water partition coefficient (Wildman–Crippen LogP) is 6.82. The highest BCUT2D eigenvalue weighted by Gasteiger charge is 2.10. The van der Waals surface area contributed by atoms with Crippen molar-refractivity contribution in [3.63, 3.8) is 0 Å². The quantitative estimate of drug-likeness (QED) is 0.339. The van der Waals surface area contributed by atoms with Gasteiger partial charge in [-0.3, -0.25) is 0 Å². The third-order valence-corrected chi connectivity index (χ3v) is 5.96. The zero-order valence-corrected chi connectivity index (χ0v) is 16.5. The SMILES string of the molecule is Fc1cc(NCc2ccc3ccccc3c2)c(Cl)cc1SNc1nccs1. The van der Waals surface area contributed by atoms with Crippen LogP contribution >= 0.6 is 34.9 Å². The molecule has 0 fully saturated rings. The fourth-order valence-corrected chi connectivity index (χ4v) is 4.23. The van der Waals surface area contributed by atoms with E-state index in [-0.39, 0.29) is 5.82 Å². The van der Waals surface area contributed by atoms with E-state index in [1.54, 1.807) is 12.3 Å². The highest BCUT2D eigenvalue weighted by atomic mass is 35.5. The van der Waals surface area contributed by atoms with Crippen LogP contribution in [0.5, 0.6) is 0 Å². The van der Waals surface area contributed by atoms with Gasteiger partial charge in [0.2, 0.25) is 0 Å². The Hall–Kier alpha value is -2.28. The normalized spacial score (nSPS) is 10.9. The first kappa shape index (κ1) is 18.1. The first-order valence-electron chi connectivity index (χ1n) is 8.22. The maximum absolute atomic E-state index is 14.4. The second kappa shape index (κ2) is 8.17. The Labute approximate surface area is 169 Å². The highest BCUT2D eigenvalue weighted by molar-refractivity contribution is 8.00. The van der Waals surface area contributed by atoms with Crippen LogP contribution in [0.1, 0.15) is 5.56 Å². The number of benzene rings is 3. The van der Waals surface area contributed by atoms with Crippen molar-refractivity contribution in [2.45, 2.75) is 11.4 Å². The van der Waals surface area contributed by atoms with E-state index in [2.05, 4.69) is 45.4 Å². The van der Waals surface area contributed by atoms with Gasteiger partial charge in [0.1, 0.15) is 5.82 Å². The van der Waals surface area contributed by atoms with E-state index >= 15 is 0 Å². The molecule has 0 aliphatic rings. The molecule has 0 saturated carbocycles. The first-order valence-corrected chi connectivity index (χ1v) is 10.3. The Kier molecular flexibility index (Phi) is 5.48. The second-order valence-corrected chi connectivity index (χ2v) is 7.99. The van der Waals surface area contributed by atoms with Crippen LogP contribution in [-0.4, -0.2) is 4.98 Å². The number of fused-ring (bicyclic) bond motifs is 1. The number of aromatic nitrogens is 1. The lowest BCUT2D eigenvalue weighted by atomic mass is 10.1. The molecule has 0 aliphatic heterocycles. The van der Waals surface area contributed by atoms with E-state index in [9.17, 15) is 4.39 Å². The number of nitrogens with one attached hydrogen (secondary N) is 2. The molecule has 0 radical (unpaired) electrons. The Balaban J connectivity index is 1.45. The van der Waals surface area contributed by atoms with Crippen LogP contribution in [0.15, 0.2) is 71.1 Å². The molecule has 1 heterocycles. The van der Waals surface area contributed by atoms with E-state index in [1.165, 1.54) is 28.2 Å². The van der Waals surface area contributed by atoms with Gasteiger partial charge >= 0.3 is 0 Å². The van der Waals surface area contributed by atoms with Gasteiger partial charge in [-0.1, -0.05) is 48.0 Å². The largest absolute Gasteiger partial charge is 0.380 e. The lowest BCUT2D eigenvalue weighted by Gasteiger charge is -2.12. The van der Waals surface area contributed by atoms with Gasteiger partial charge in [-0.15, -0.1) is 11.3 Å². The molecule has 4 rings (SSSR count). The zero-order chi connectivity index (χ0) is 18.6. The molecule has 0 unspecified atom stereocenters. The monoisotopic (exact) mass is 415 g/mol. The Bertz CT molecular complexity index is 1070. The highest BCUT2D eigenvalue weighted by Crippen LogP contribution is 2.32. The summed E-state index contributed by atoms with van der Waals surface area (Å²) in [6, 6.07) is 17.5. The molecule has 3 aromatic carbocycles. The van der Waals surface area contributed by atoms with Crippen molar-refractivity contribution >= 4 is 56.5 Å². The van der Waals surface area contributed by atoms with E-state index in [1.807, 2.05) is 17.5 Å². The first-order chi connectivity index (χ1) is 13.2. The molecule has 4 aromatic rings. The molecule has 0 bridgehead atoms. The van der Waals surface area contributed by atoms with Crippen molar-refractivity contribution < 1.29 is 4.39 Å². The molecular formula is C20H15ClFN3S2. The van der Waals surface area contributed by atoms with Gasteiger partial charge in [-0.25, -0.2) is 9.37 Å². The fourth-order valence-electron chi connectivity index (χ4n) is 2.66. The van der Waals surface area contributed by atoms with Gasteiger partial charge in [-0.05, 0) is 46.5 Å². The fraction of sp³-hybridized carbons (Fsp3) is 0.0500. The minimum absolute atomic E-state index is 0.338. The van der Waals surface area contributed by atoms with Crippen LogP contribution in [-0.2, 0) is 6.54 Å². The molecule has 7 heteroatoms. The lowest BCUT2D eigenvalue weighted by molar-refractivity contribution is 0.602. The molecule has 0 saturated heterocycles. The summed E-state index contributed by atoms with van der Waals surface area (Å²) in [5.74, 6) is -0.338. The zero-order valence-electron chi connectivity index (χ0n) is 14.1. The maximum Gasteiger partial charge on any atom is 0.192 e. The standard InChI is InChI=1S/C20H15ClFN3S2/c21-16-10-19(27-25-20-23-7-8-26-20)17(22)11-18(16)24-12-13-5-6-14-3-1-2-4-15(14)9-13/h1-11,24H,12H2,(H,23,25). The summed E-state index contributed by atoms with van der Waals surface area (Å²) >= 11 is 8.95. The van der Waals surface area contributed by atoms with Crippen LogP contribution in [0.2, 0.25) is 5.02 Å². The van der Waals surface area contributed by atoms with Crippen LogP contribution in [0.3, 0.4) is 0 Å². The molecule has 27 heavy (non-hydrogen) atoms. The molecule has 0 spiro atoms.